The van der Waals surface area contributed by atoms with E-state index in [-0.39, 0.29) is 24.5 Å². The third-order valence-electron chi connectivity index (χ3n) is 4.79. The Balaban J connectivity index is 1.50. The molecule has 0 aliphatic carbocycles. The summed E-state index contributed by atoms with van der Waals surface area (Å²) in [6.45, 7) is 4.76. The number of hydrogen-bond acceptors (Lipinski definition) is 6. The van der Waals surface area contributed by atoms with Crippen molar-refractivity contribution in [1.29, 1.82) is 0 Å². The largest absolute Gasteiger partial charge is 0.454 e. The Bertz CT molecular complexity index is 643. The summed E-state index contributed by atoms with van der Waals surface area (Å²) in [4.78, 5) is 28.6. The Labute approximate surface area is 147 Å². The first kappa shape index (κ1) is 17.7. The van der Waals surface area contributed by atoms with E-state index in [0.717, 1.165) is 25.9 Å². The lowest BCUT2D eigenvalue weighted by Crippen LogP contribution is -2.45. The molecule has 2 heterocycles. The van der Waals surface area contributed by atoms with Crippen LogP contribution in [0.2, 0.25) is 0 Å². The Morgan fingerprint density at radius 1 is 1.24 bits per heavy atom. The average Bonchev–Trinajstić information content (AvgIpc) is 3.28. The van der Waals surface area contributed by atoms with Gasteiger partial charge in [0.2, 0.25) is 12.7 Å². The van der Waals surface area contributed by atoms with E-state index in [2.05, 4.69) is 10.2 Å². The Morgan fingerprint density at radius 2 is 1.96 bits per heavy atom. The molecule has 1 aromatic carbocycles. The van der Waals surface area contributed by atoms with E-state index in [1.807, 2.05) is 18.9 Å². The van der Waals surface area contributed by atoms with Gasteiger partial charge >= 0.3 is 0 Å². The van der Waals surface area contributed by atoms with Crippen LogP contribution in [-0.2, 0) is 4.79 Å². The van der Waals surface area contributed by atoms with Crippen LogP contribution in [0, 0.1) is 0 Å². The van der Waals surface area contributed by atoms with Gasteiger partial charge < -0.3 is 14.8 Å². The van der Waals surface area contributed by atoms with Crippen molar-refractivity contribution in [1.82, 2.24) is 15.1 Å². The lowest BCUT2D eigenvalue weighted by atomic mass is 10.0. The van der Waals surface area contributed by atoms with Gasteiger partial charge in [-0.1, -0.05) is 0 Å². The van der Waals surface area contributed by atoms with Crippen LogP contribution < -0.4 is 14.8 Å². The van der Waals surface area contributed by atoms with E-state index in [9.17, 15) is 9.59 Å². The summed E-state index contributed by atoms with van der Waals surface area (Å²) < 4.78 is 10.6. The molecule has 1 amide bonds. The molecule has 25 heavy (non-hydrogen) atoms. The zero-order valence-corrected chi connectivity index (χ0v) is 14.8. The molecule has 1 atom stereocenters. The first-order valence-corrected chi connectivity index (χ1v) is 8.68. The summed E-state index contributed by atoms with van der Waals surface area (Å²) in [5.74, 6) is 1.23. The van der Waals surface area contributed by atoms with Gasteiger partial charge in [-0.2, -0.15) is 0 Å². The normalized spacial score (nSPS) is 17.7. The number of nitrogens with zero attached hydrogens (tertiary/aromatic N) is 2. The molecule has 1 N–H and O–H groups in total. The minimum absolute atomic E-state index is 0.00326. The number of Topliss-reactive ketones (excluding diaryl/α,β-unsaturated/α-hetero) is 1. The van der Waals surface area contributed by atoms with Crippen LogP contribution in [0.5, 0.6) is 11.5 Å². The topological polar surface area (TPSA) is 71.1 Å². The summed E-state index contributed by atoms with van der Waals surface area (Å²) in [7, 11) is 1.83. The van der Waals surface area contributed by atoms with Gasteiger partial charge in [-0.25, -0.2) is 0 Å². The molecular weight excluding hydrogens is 322 g/mol. The van der Waals surface area contributed by atoms with Gasteiger partial charge in [0.25, 0.3) is 0 Å². The summed E-state index contributed by atoms with van der Waals surface area (Å²) in [6.07, 6.45) is 2.32. The number of hydrogen-bond donors (Lipinski definition) is 1. The molecule has 3 rings (SSSR count). The highest BCUT2D eigenvalue weighted by Gasteiger charge is 2.23. The van der Waals surface area contributed by atoms with E-state index in [0.29, 0.717) is 30.3 Å². The van der Waals surface area contributed by atoms with E-state index in [4.69, 9.17) is 9.47 Å². The van der Waals surface area contributed by atoms with Crippen LogP contribution in [0.1, 0.15) is 30.1 Å². The molecular formula is C18H25N3O4. The zero-order chi connectivity index (χ0) is 17.8. The van der Waals surface area contributed by atoms with Crippen LogP contribution in [0.15, 0.2) is 18.2 Å². The van der Waals surface area contributed by atoms with Gasteiger partial charge in [0.1, 0.15) is 0 Å². The van der Waals surface area contributed by atoms with E-state index in [1.54, 1.807) is 18.2 Å². The molecule has 2 aliphatic heterocycles. The maximum Gasteiger partial charge on any atom is 0.235 e. The van der Waals surface area contributed by atoms with Gasteiger partial charge in [0, 0.05) is 5.56 Å². The number of likely N-dealkylation sites (N-methyl/N-ethyl adjacent to an activating group) is 1. The molecule has 0 saturated carbocycles. The van der Waals surface area contributed by atoms with Crippen molar-refractivity contribution in [3.8, 4) is 11.5 Å². The Kier molecular flexibility index (Phi) is 5.55. The smallest absolute Gasteiger partial charge is 0.235 e. The number of carbonyl (C=O) groups is 2. The molecule has 0 bridgehead atoms. The quantitative estimate of drug-likeness (QED) is 0.588. The van der Waals surface area contributed by atoms with Crippen LogP contribution >= 0.6 is 0 Å². The van der Waals surface area contributed by atoms with Gasteiger partial charge in [0.05, 0.1) is 19.3 Å². The number of amides is 1. The number of likely N-dealkylation sites (tertiary alicyclic amines) is 1. The maximum absolute atomic E-state index is 12.7. The highest BCUT2D eigenvalue weighted by molar-refractivity contribution is 6.00. The molecule has 136 valence electrons. The SMILES string of the molecule is CC(C(=O)c1ccc2c(c1)OCO2)N(C)CNC(=O)CN1CCCC1. The van der Waals surface area contributed by atoms with Crippen molar-refractivity contribution in [3.63, 3.8) is 0 Å². The van der Waals surface area contributed by atoms with Crippen molar-refractivity contribution in [3.05, 3.63) is 23.8 Å². The van der Waals surface area contributed by atoms with Crippen LogP contribution in [0.3, 0.4) is 0 Å². The molecule has 0 radical (unpaired) electrons. The average molecular weight is 347 g/mol. The highest BCUT2D eigenvalue weighted by Crippen LogP contribution is 2.32. The minimum atomic E-state index is -0.354. The number of nitrogens with one attached hydrogen (secondary N) is 1. The summed E-state index contributed by atoms with van der Waals surface area (Å²) in [5, 5.41) is 2.89. The number of fused-ring (bicyclic) bond motifs is 1. The second-order valence-corrected chi connectivity index (χ2v) is 6.61. The predicted molar refractivity (Wildman–Crippen MR) is 92.8 cm³/mol. The fourth-order valence-electron chi connectivity index (χ4n) is 3.04. The molecule has 7 nitrogen and oxygen atoms in total. The summed E-state index contributed by atoms with van der Waals surface area (Å²) in [6, 6.07) is 4.85. The summed E-state index contributed by atoms with van der Waals surface area (Å²) >= 11 is 0. The molecule has 1 fully saturated rings. The molecule has 0 aromatic heterocycles. The standard InChI is InChI=1S/C18H25N3O4/c1-13(18(23)14-5-6-15-16(9-14)25-12-24-15)20(2)11-19-17(22)10-21-7-3-4-8-21/h5-6,9,13H,3-4,7-8,10-12H2,1-2H3,(H,19,22). The van der Waals surface area contributed by atoms with E-state index < -0.39 is 0 Å². The monoisotopic (exact) mass is 347 g/mol. The molecule has 1 aromatic rings. The summed E-state index contributed by atoms with van der Waals surface area (Å²) in [5.41, 5.74) is 0.576. The number of ketones is 1. The first-order chi connectivity index (χ1) is 12.0. The molecule has 0 spiro atoms. The predicted octanol–water partition coefficient (Wildman–Crippen LogP) is 1.09. The number of carbonyl (C=O) groups excluding carboxylic acids is 2. The van der Waals surface area contributed by atoms with Crippen molar-refractivity contribution in [2.24, 2.45) is 0 Å². The van der Waals surface area contributed by atoms with Gasteiger partial charge in [-0.05, 0) is 58.1 Å². The number of ether oxygens (including phenoxy) is 2. The van der Waals surface area contributed by atoms with Gasteiger partial charge in [-0.15, -0.1) is 0 Å². The molecule has 2 aliphatic rings. The van der Waals surface area contributed by atoms with Crippen LogP contribution in [0.25, 0.3) is 0 Å². The van der Waals surface area contributed by atoms with Crippen molar-refractivity contribution in [2.75, 3.05) is 40.1 Å². The maximum atomic E-state index is 12.7. The van der Waals surface area contributed by atoms with Gasteiger partial charge in [0.15, 0.2) is 17.3 Å². The highest BCUT2D eigenvalue weighted by atomic mass is 16.7. The fraction of sp³-hybridized carbons (Fsp3) is 0.556. The first-order valence-electron chi connectivity index (χ1n) is 8.68. The fourth-order valence-corrected chi connectivity index (χ4v) is 3.04. The Morgan fingerprint density at radius 3 is 2.72 bits per heavy atom. The van der Waals surface area contributed by atoms with Crippen molar-refractivity contribution < 1.29 is 19.1 Å². The zero-order valence-electron chi connectivity index (χ0n) is 14.8. The van der Waals surface area contributed by atoms with Crippen molar-refractivity contribution in [2.45, 2.75) is 25.8 Å². The number of benzene rings is 1. The molecule has 7 heteroatoms. The third kappa shape index (κ3) is 4.29. The second kappa shape index (κ2) is 7.84. The lowest BCUT2D eigenvalue weighted by molar-refractivity contribution is -0.122. The van der Waals surface area contributed by atoms with Crippen LogP contribution in [-0.4, -0.2) is 67.7 Å². The van der Waals surface area contributed by atoms with Crippen LogP contribution in [0.4, 0.5) is 0 Å². The molecule has 1 saturated heterocycles. The minimum Gasteiger partial charge on any atom is -0.454 e. The van der Waals surface area contributed by atoms with Gasteiger partial charge in [-0.3, -0.25) is 19.4 Å². The van der Waals surface area contributed by atoms with E-state index in [1.165, 1.54) is 0 Å². The Hall–Kier alpha value is -2.12. The lowest BCUT2D eigenvalue weighted by Gasteiger charge is -2.24. The third-order valence-corrected chi connectivity index (χ3v) is 4.79. The molecule has 1 unspecified atom stereocenters. The number of rotatable bonds is 7. The van der Waals surface area contributed by atoms with Crippen molar-refractivity contribution >= 4 is 11.7 Å². The van der Waals surface area contributed by atoms with E-state index >= 15 is 0 Å². The second-order valence-electron chi connectivity index (χ2n) is 6.61.